The highest BCUT2D eigenvalue weighted by molar-refractivity contribution is 5.83. The molecule has 1 aromatic heterocycles. The number of aromatic amines is 1. The fourth-order valence-corrected chi connectivity index (χ4v) is 2.78. The van der Waals surface area contributed by atoms with E-state index < -0.39 is 12.0 Å². The SMILES string of the molecule is CC1=CCN(C(=O)N2Cc3[nH]cnc3CC2C(=O)O)CC1. The van der Waals surface area contributed by atoms with Crippen LogP contribution in [0.2, 0.25) is 0 Å². The summed E-state index contributed by atoms with van der Waals surface area (Å²) in [6.45, 7) is 3.49. The number of carboxylic acid groups (broad SMARTS) is 1. The van der Waals surface area contributed by atoms with E-state index in [2.05, 4.69) is 9.97 Å². The molecule has 0 spiro atoms. The number of amides is 2. The zero-order chi connectivity index (χ0) is 15.0. The molecule has 0 aromatic carbocycles. The molecule has 3 heterocycles. The number of carbonyl (C=O) groups excluding carboxylic acids is 1. The molecular weight excluding hydrogens is 272 g/mol. The lowest BCUT2D eigenvalue weighted by Crippen LogP contribution is -2.54. The van der Waals surface area contributed by atoms with Gasteiger partial charge < -0.3 is 19.9 Å². The van der Waals surface area contributed by atoms with Crippen molar-refractivity contribution in [3.05, 3.63) is 29.4 Å². The smallest absolute Gasteiger partial charge is 0.326 e. The van der Waals surface area contributed by atoms with Crippen LogP contribution in [-0.4, -0.2) is 56.0 Å². The van der Waals surface area contributed by atoms with Crippen LogP contribution in [0.5, 0.6) is 0 Å². The average molecular weight is 290 g/mol. The predicted molar refractivity (Wildman–Crippen MR) is 74.6 cm³/mol. The third-order valence-electron chi connectivity index (χ3n) is 4.14. The predicted octanol–water partition coefficient (Wildman–Crippen LogP) is 0.993. The molecule has 0 bridgehead atoms. The molecule has 0 saturated heterocycles. The first kappa shape index (κ1) is 13.7. The summed E-state index contributed by atoms with van der Waals surface area (Å²) in [5, 5.41) is 9.40. The van der Waals surface area contributed by atoms with Gasteiger partial charge in [0.25, 0.3) is 0 Å². The van der Waals surface area contributed by atoms with Gasteiger partial charge >= 0.3 is 12.0 Å². The van der Waals surface area contributed by atoms with Crippen LogP contribution in [0.1, 0.15) is 24.7 Å². The number of imidazole rings is 1. The summed E-state index contributed by atoms with van der Waals surface area (Å²) < 4.78 is 0. The summed E-state index contributed by atoms with van der Waals surface area (Å²) in [4.78, 5) is 34.3. The number of fused-ring (bicyclic) bond motifs is 1. The lowest BCUT2D eigenvalue weighted by molar-refractivity contribution is -0.142. The van der Waals surface area contributed by atoms with E-state index in [-0.39, 0.29) is 19.0 Å². The summed E-state index contributed by atoms with van der Waals surface area (Å²) in [5.41, 5.74) is 2.83. The highest BCUT2D eigenvalue weighted by Crippen LogP contribution is 2.23. The van der Waals surface area contributed by atoms with Crippen molar-refractivity contribution in [3.63, 3.8) is 0 Å². The van der Waals surface area contributed by atoms with Gasteiger partial charge in [0.05, 0.1) is 24.3 Å². The molecule has 0 fully saturated rings. The first-order valence-corrected chi connectivity index (χ1v) is 7.01. The van der Waals surface area contributed by atoms with Gasteiger partial charge in [-0.25, -0.2) is 14.6 Å². The standard InChI is InChI=1S/C14H18N4O3/c1-9-2-4-17(5-3-9)14(21)18-7-11-10(15-8-16-11)6-12(18)13(19)20/h2,8,12H,3-7H2,1H3,(H,15,16)(H,19,20). The molecule has 2 aliphatic rings. The number of rotatable bonds is 1. The highest BCUT2D eigenvalue weighted by Gasteiger charge is 2.37. The number of carbonyl (C=O) groups is 2. The summed E-state index contributed by atoms with van der Waals surface area (Å²) in [7, 11) is 0. The Bertz CT molecular complexity index is 607. The quantitative estimate of drug-likeness (QED) is 0.755. The zero-order valence-electron chi connectivity index (χ0n) is 11.9. The molecule has 7 heteroatoms. The molecule has 112 valence electrons. The summed E-state index contributed by atoms with van der Waals surface area (Å²) in [6.07, 6.45) is 4.66. The van der Waals surface area contributed by atoms with Crippen LogP contribution in [0.3, 0.4) is 0 Å². The van der Waals surface area contributed by atoms with Gasteiger partial charge in [-0.15, -0.1) is 0 Å². The zero-order valence-corrected chi connectivity index (χ0v) is 11.9. The number of aromatic nitrogens is 2. The van der Waals surface area contributed by atoms with Crippen molar-refractivity contribution < 1.29 is 14.7 Å². The first-order valence-electron chi connectivity index (χ1n) is 7.01. The average Bonchev–Trinajstić information content (AvgIpc) is 2.93. The largest absolute Gasteiger partial charge is 0.480 e. The number of nitrogens with zero attached hydrogens (tertiary/aromatic N) is 3. The van der Waals surface area contributed by atoms with Crippen LogP contribution in [0, 0.1) is 0 Å². The van der Waals surface area contributed by atoms with Crippen LogP contribution in [-0.2, 0) is 17.8 Å². The van der Waals surface area contributed by atoms with Gasteiger partial charge in [0.2, 0.25) is 0 Å². The van der Waals surface area contributed by atoms with Gasteiger partial charge in [-0.2, -0.15) is 0 Å². The van der Waals surface area contributed by atoms with Crippen molar-refractivity contribution in [1.29, 1.82) is 0 Å². The molecular formula is C14H18N4O3. The molecule has 0 saturated carbocycles. The number of urea groups is 1. The number of H-pyrrole nitrogens is 1. The van der Waals surface area contributed by atoms with Gasteiger partial charge in [0.1, 0.15) is 6.04 Å². The van der Waals surface area contributed by atoms with Crippen LogP contribution in [0.25, 0.3) is 0 Å². The maximum atomic E-state index is 12.6. The highest BCUT2D eigenvalue weighted by atomic mass is 16.4. The fourth-order valence-electron chi connectivity index (χ4n) is 2.78. The molecule has 2 N–H and O–H groups in total. The van der Waals surface area contributed by atoms with Gasteiger partial charge in [0.15, 0.2) is 0 Å². The minimum absolute atomic E-state index is 0.216. The van der Waals surface area contributed by atoms with E-state index in [4.69, 9.17) is 0 Å². The Morgan fingerprint density at radius 2 is 2.29 bits per heavy atom. The van der Waals surface area contributed by atoms with Crippen molar-refractivity contribution in [1.82, 2.24) is 19.8 Å². The molecule has 0 radical (unpaired) electrons. The van der Waals surface area contributed by atoms with Crippen molar-refractivity contribution in [2.45, 2.75) is 32.4 Å². The van der Waals surface area contributed by atoms with Crippen LogP contribution in [0.15, 0.2) is 18.0 Å². The second kappa shape index (κ2) is 5.23. The normalized spacial score (nSPS) is 21.8. The Morgan fingerprint density at radius 3 is 2.95 bits per heavy atom. The molecule has 2 amide bonds. The van der Waals surface area contributed by atoms with E-state index in [0.29, 0.717) is 13.1 Å². The van der Waals surface area contributed by atoms with E-state index in [1.54, 1.807) is 11.2 Å². The van der Waals surface area contributed by atoms with E-state index >= 15 is 0 Å². The summed E-state index contributed by atoms with van der Waals surface area (Å²) >= 11 is 0. The molecule has 7 nitrogen and oxygen atoms in total. The summed E-state index contributed by atoms with van der Waals surface area (Å²) in [5.74, 6) is -0.985. The third-order valence-corrected chi connectivity index (χ3v) is 4.14. The lowest BCUT2D eigenvalue weighted by atomic mass is 10.0. The fraction of sp³-hybridized carbons (Fsp3) is 0.500. The van der Waals surface area contributed by atoms with Crippen molar-refractivity contribution in [2.75, 3.05) is 13.1 Å². The molecule has 3 rings (SSSR count). The van der Waals surface area contributed by atoms with Crippen molar-refractivity contribution >= 4 is 12.0 Å². The van der Waals surface area contributed by atoms with Crippen molar-refractivity contribution in [3.8, 4) is 0 Å². The Labute approximate surface area is 122 Å². The van der Waals surface area contributed by atoms with E-state index in [0.717, 1.165) is 17.8 Å². The van der Waals surface area contributed by atoms with Gasteiger partial charge in [0, 0.05) is 19.5 Å². The number of hydrogen-bond donors (Lipinski definition) is 2. The molecule has 2 aliphatic heterocycles. The van der Waals surface area contributed by atoms with Crippen LogP contribution in [0.4, 0.5) is 4.79 Å². The van der Waals surface area contributed by atoms with Gasteiger partial charge in [-0.05, 0) is 13.3 Å². The molecule has 1 atom stereocenters. The monoisotopic (exact) mass is 290 g/mol. The minimum atomic E-state index is -0.985. The number of nitrogens with one attached hydrogen (secondary N) is 1. The summed E-state index contributed by atoms with van der Waals surface area (Å²) in [6, 6.07) is -1.06. The lowest BCUT2D eigenvalue weighted by Gasteiger charge is -2.37. The van der Waals surface area contributed by atoms with E-state index in [9.17, 15) is 14.7 Å². The minimum Gasteiger partial charge on any atom is -0.480 e. The Hall–Kier alpha value is -2.31. The Morgan fingerprint density at radius 1 is 1.48 bits per heavy atom. The van der Waals surface area contributed by atoms with Crippen LogP contribution < -0.4 is 0 Å². The van der Waals surface area contributed by atoms with E-state index in [1.807, 2.05) is 13.0 Å². The molecule has 0 aliphatic carbocycles. The van der Waals surface area contributed by atoms with Gasteiger partial charge in [-0.1, -0.05) is 11.6 Å². The molecule has 21 heavy (non-hydrogen) atoms. The second-order valence-electron chi connectivity index (χ2n) is 5.54. The Kier molecular flexibility index (Phi) is 3.40. The molecule has 1 unspecified atom stereocenters. The van der Waals surface area contributed by atoms with Crippen LogP contribution >= 0.6 is 0 Å². The number of aliphatic carboxylic acids is 1. The van der Waals surface area contributed by atoms with Crippen molar-refractivity contribution in [2.24, 2.45) is 0 Å². The second-order valence-corrected chi connectivity index (χ2v) is 5.54. The maximum Gasteiger partial charge on any atom is 0.326 e. The topological polar surface area (TPSA) is 89.5 Å². The molecule has 1 aromatic rings. The van der Waals surface area contributed by atoms with Gasteiger partial charge in [-0.3, -0.25) is 0 Å². The first-order chi connectivity index (χ1) is 10.1. The number of hydrogen-bond acceptors (Lipinski definition) is 3. The van der Waals surface area contributed by atoms with E-state index in [1.165, 1.54) is 10.5 Å². The number of carboxylic acids is 1. The Balaban J connectivity index is 1.82. The third kappa shape index (κ3) is 2.51. The maximum absolute atomic E-state index is 12.6.